The zero-order valence-electron chi connectivity index (χ0n) is 12.0. The molecule has 0 amide bonds. The predicted octanol–water partition coefficient (Wildman–Crippen LogP) is 3.63. The molecule has 1 N–H and O–H groups in total. The Morgan fingerprint density at radius 2 is 1.65 bits per heavy atom. The van der Waals surface area contributed by atoms with Crippen LogP contribution in [0.3, 0.4) is 0 Å². The first-order chi connectivity index (χ1) is 10.6. The molecule has 0 unspecified atom stereocenters. The molecule has 0 aliphatic rings. The van der Waals surface area contributed by atoms with Crippen molar-refractivity contribution in [2.75, 3.05) is 0 Å². The largest absolute Gasteiger partial charge is 0.419 e. The molecule has 8 heteroatoms. The van der Waals surface area contributed by atoms with Crippen molar-refractivity contribution in [3.05, 3.63) is 65.0 Å². The van der Waals surface area contributed by atoms with Crippen LogP contribution in [0.4, 0.5) is 17.6 Å². The van der Waals surface area contributed by atoms with E-state index in [0.717, 1.165) is 11.6 Å². The lowest BCUT2D eigenvalue weighted by Gasteiger charge is -2.10. The van der Waals surface area contributed by atoms with Crippen LogP contribution in [-0.4, -0.2) is 8.42 Å². The lowest BCUT2D eigenvalue weighted by atomic mass is 10.1. The van der Waals surface area contributed by atoms with E-state index in [2.05, 4.69) is 4.72 Å². The van der Waals surface area contributed by atoms with E-state index in [-0.39, 0.29) is 17.0 Å². The van der Waals surface area contributed by atoms with E-state index in [1.807, 2.05) is 0 Å². The van der Waals surface area contributed by atoms with Crippen LogP contribution in [-0.2, 0) is 22.7 Å². The number of halogens is 4. The zero-order valence-corrected chi connectivity index (χ0v) is 12.8. The molecule has 0 saturated heterocycles. The zero-order chi connectivity index (χ0) is 17.3. The lowest BCUT2D eigenvalue weighted by Crippen LogP contribution is -2.23. The SMILES string of the molecule is Cc1ccc(S(=O)(=O)NCc2ccc(C(F)(F)F)c(F)c2)cc1. The molecule has 3 nitrogen and oxygen atoms in total. The minimum Gasteiger partial charge on any atom is -0.207 e. The Bertz CT molecular complexity index is 799. The Hall–Kier alpha value is -1.93. The van der Waals surface area contributed by atoms with Crippen molar-refractivity contribution in [2.45, 2.75) is 24.5 Å². The van der Waals surface area contributed by atoms with Gasteiger partial charge in [0, 0.05) is 6.54 Å². The molecule has 0 fully saturated rings. The lowest BCUT2D eigenvalue weighted by molar-refractivity contribution is -0.140. The van der Waals surface area contributed by atoms with Gasteiger partial charge in [-0.2, -0.15) is 13.2 Å². The normalized spacial score (nSPS) is 12.4. The summed E-state index contributed by atoms with van der Waals surface area (Å²) < 4.78 is 77.1. The van der Waals surface area contributed by atoms with Crippen molar-refractivity contribution >= 4 is 10.0 Å². The van der Waals surface area contributed by atoms with Crippen molar-refractivity contribution < 1.29 is 26.0 Å². The predicted molar refractivity (Wildman–Crippen MR) is 76.6 cm³/mol. The third kappa shape index (κ3) is 4.29. The fraction of sp³-hybridized carbons (Fsp3) is 0.200. The number of rotatable bonds is 4. The van der Waals surface area contributed by atoms with E-state index in [9.17, 15) is 26.0 Å². The summed E-state index contributed by atoms with van der Waals surface area (Å²) in [5.74, 6) is -1.44. The molecule has 0 aliphatic heterocycles. The van der Waals surface area contributed by atoms with E-state index in [4.69, 9.17) is 0 Å². The smallest absolute Gasteiger partial charge is 0.207 e. The van der Waals surface area contributed by atoms with Crippen LogP contribution >= 0.6 is 0 Å². The third-order valence-electron chi connectivity index (χ3n) is 3.14. The van der Waals surface area contributed by atoms with Gasteiger partial charge in [0.15, 0.2) is 0 Å². The van der Waals surface area contributed by atoms with Gasteiger partial charge in [-0.25, -0.2) is 17.5 Å². The van der Waals surface area contributed by atoms with E-state index < -0.39 is 27.6 Å². The Morgan fingerprint density at radius 1 is 1.04 bits per heavy atom. The molecule has 124 valence electrons. The number of alkyl halides is 3. The maximum atomic E-state index is 13.4. The van der Waals surface area contributed by atoms with Crippen LogP contribution in [0.15, 0.2) is 47.4 Å². The van der Waals surface area contributed by atoms with Crippen LogP contribution in [0.25, 0.3) is 0 Å². The monoisotopic (exact) mass is 347 g/mol. The molecule has 0 aromatic heterocycles. The third-order valence-corrected chi connectivity index (χ3v) is 4.55. The molecule has 23 heavy (non-hydrogen) atoms. The summed E-state index contributed by atoms with van der Waals surface area (Å²) in [5, 5.41) is 0. The maximum absolute atomic E-state index is 13.4. The molecule has 0 aliphatic carbocycles. The molecule has 0 bridgehead atoms. The van der Waals surface area contributed by atoms with Crippen molar-refractivity contribution in [1.82, 2.24) is 4.72 Å². The number of sulfonamides is 1. The van der Waals surface area contributed by atoms with Crippen molar-refractivity contribution in [2.24, 2.45) is 0 Å². The molecule has 2 aromatic carbocycles. The molecule has 2 aromatic rings. The first-order valence-corrected chi connectivity index (χ1v) is 8.00. The highest BCUT2D eigenvalue weighted by atomic mass is 32.2. The van der Waals surface area contributed by atoms with Gasteiger partial charge in [-0.3, -0.25) is 0 Å². The molecule has 0 atom stereocenters. The van der Waals surface area contributed by atoms with Gasteiger partial charge in [0.05, 0.1) is 10.5 Å². The number of hydrogen-bond acceptors (Lipinski definition) is 2. The van der Waals surface area contributed by atoms with Gasteiger partial charge in [0.1, 0.15) is 5.82 Å². The molecule has 0 heterocycles. The number of aryl methyl sites for hydroxylation is 1. The highest BCUT2D eigenvalue weighted by molar-refractivity contribution is 7.89. The second kappa shape index (κ2) is 6.29. The van der Waals surface area contributed by atoms with Gasteiger partial charge in [-0.15, -0.1) is 0 Å². The molecular weight excluding hydrogens is 334 g/mol. The van der Waals surface area contributed by atoms with Gasteiger partial charge in [0.2, 0.25) is 10.0 Å². The summed E-state index contributed by atoms with van der Waals surface area (Å²) in [7, 11) is -3.82. The number of nitrogens with one attached hydrogen (secondary N) is 1. The Balaban J connectivity index is 2.14. The summed E-state index contributed by atoms with van der Waals surface area (Å²) in [5.41, 5.74) is -0.414. The van der Waals surface area contributed by atoms with Crippen LogP contribution in [0.5, 0.6) is 0 Å². The standard InChI is InChI=1S/C15H13F4NO2S/c1-10-2-5-12(6-3-10)23(21,22)20-9-11-4-7-13(14(16)8-11)15(17,18)19/h2-8,20H,9H2,1H3. The first kappa shape index (κ1) is 17.4. The quantitative estimate of drug-likeness (QED) is 0.859. The first-order valence-electron chi connectivity index (χ1n) is 6.51. The van der Waals surface area contributed by atoms with E-state index >= 15 is 0 Å². The van der Waals surface area contributed by atoms with Gasteiger partial charge >= 0.3 is 6.18 Å². The summed E-state index contributed by atoms with van der Waals surface area (Å²) >= 11 is 0. The minimum atomic E-state index is -4.79. The average molecular weight is 347 g/mol. The Morgan fingerprint density at radius 3 is 2.17 bits per heavy atom. The highest BCUT2D eigenvalue weighted by Crippen LogP contribution is 2.31. The second-order valence-corrected chi connectivity index (χ2v) is 6.72. The molecular formula is C15H13F4NO2S. The second-order valence-electron chi connectivity index (χ2n) is 4.95. The van der Waals surface area contributed by atoms with Crippen LogP contribution in [0.1, 0.15) is 16.7 Å². The van der Waals surface area contributed by atoms with E-state index in [0.29, 0.717) is 12.1 Å². The molecule has 0 radical (unpaired) electrons. The van der Waals surface area contributed by atoms with Gasteiger partial charge in [-0.1, -0.05) is 23.8 Å². The van der Waals surface area contributed by atoms with Crippen LogP contribution < -0.4 is 4.72 Å². The minimum absolute atomic E-state index is 0.0236. The topological polar surface area (TPSA) is 46.2 Å². The van der Waals surface area contributed by atoms with Crippen molar-refractivity contribution in [3.63, 3.8) is 0 Å². The molecule has 0 saturated carbocycles. The van der Waals surface area contributed by atoms with Crippen LogP contribution in [0.2, 0.25) is 0 Å². The van der Waals surface area contributed by atoms with Gasteiger partial charge < -0.3 is 0 Å². The van der Waals surface area contributed by atoms with Gasteiger partial charge in [-0.05, 0) is 36.8 Å². The Labute approximate surface area is 131 Å². The average Bonchev–Trinajstić information content (AvgIpc) is 2.44. The Kier molecular flexibility index (Phi) is 4.76. The summed E-state index contributed by atoms with van der Waals surface area (Å²) in [4.78, 5) is 0.0236. The fourth-order valence-electron chi connectivity index (χ4n) is 1.88. The van der Waals surface area contributed by atoms with Crippen molar-refractivity contribution in [1.29, 1.82) is 0 Å². The van der Waals surface area contributed by atoms with Gasteiger partial charge in [0.25, 0.3) is 0 Å². The van der Waals surface area contributed by atoms with E-state index in [1.54, 1.807) is 19.1 Å². The van der Waals surface area contributed by atoms with Crippen LogP contribution in [0, 0.1) is 12.7 Å². The van der Waals surface area contributed by atoms with E-state index in [1.165, 1.54) is 12.1 Å². The van der Waals surface area contributed by atoms with Crippen molar-refractivity contribution in [3.8, 4) is 0 Å². The fourth-order valence-corrected chi connectivity index (χ4v) is 2.90. The number of hydrogen-bond donors (Lipinski definition) is 1. The molecule has 0 spiro atoms. The summed E-state index contributed by atoms with van der Waals surface area (Å²) in [6.07, 6.45) is -4.79. The molecule has 2 rings (SSSR count). The summed E-state index contributed by atoms with van der Waals surface area (Å²) in [6.45, 7) is 1.49. The summed E-state index contributed by atoms with van der Waals surface area (Å²) in [6, 6.07) is 8.34. The highest BCUT2D eigenvalue weighted by Gasteiger charge is 2.33. The maximum Gasteiger partial charge on any atom is 0.419 e. The number of benzene rings is 2.